The van der Waals surface area contributed by atoms with E-state index in [1.807, 2.05) is 0 Å². The topological polar surface area (TPSA) is 44.8 Å². The van der Waals surface area contributed by atoms with Crippen molar-refractivity contribution in [1.82, 2.24) is 0 Å². The van der Waals surface area contributed by atoms with Crippen LogP contribution in [0, 0.1) is 0 Å². The third-order valence-corrected chi connectivity index (χ3v) is 7.74. The highest BCUT2D eigenvalue weighted by Crippen LogP contribution is 2.50. The molecule has 0 aliphatic carbocycles. The summed E-state index contributed by atoms with van der Waals surface area (Å²) in [5.41, 5.74) is 0. The van der Waals surface area contributed by atoms with Crippen LogP contribution in [-0.4, -0.2) is 19.8 Å². The average Bonchev–Trinajstić information content (AvgIpc) is 2.81. The van der Waals surface area contributed by atoms with Gasteiger partial charge in [-0.1, -0.05) is 143 Å². The van der Waals surface area contributed by atoms with E-state index in [2.05, 4.69) is 20.8 Å². The summed E-state index contributed by atoms with van der Waals surface area (Å²) < 4.78 is 29.8. The zero-order chi connectivity index (χ0) is 24.3. The number of rotatable bonds is 28. The molecule has 200 valence electrons. The van der Waals surface area contributed by atoms with E-state index in [0.717, 1.165) is 38.5 Å². The molecule has 0 atom stereocenters. The SMILES string of the molecule is CCCCCCCCCCCCCCCCOP(=O)(OCCCCCC)OCCCCCC. The highest BCUT2D eigenvalue weighted by Gasteiger charge is 2.26. The summed E-state index contributed by atoms with van der Waals surface area (Å²) in [4.78, 5) is 0. The summed E-state index contributed by atoms with van der Waals surface area (Å²) >= 11 is 0. The summed E-state index contributed by atoms with van der Waals surface area (Å²) in [6.07, 6.45) is 27.3. The van der Waals surface area contributed by atoms with Crippen molar-refractivity contribution in [3.63, 3.8) is 0 Å². The maximum atomic E-state index is 12.9. The Balaban J connectivity index is 3.75. The first-order valence-corrected chi connectivity index (χ1v) is 16.2. The zero-order valence-electron chi connectivity index (χ0n) is 22.8. The van der Waals surface area contributed by atoms with Crippen molar-refractivity contribution in [3.05, 3.63) is 0 Å². The summed E-state index contributed by atoms with van der Waals surface area (Å²) in [5, 5.41) is 0. The Labute approximate surface area is 207 Å². The van der Waals surface area contributed by atoms with E-state index < -0.39 is 7.82 Å². The molecule has 0 radical (unpaired) electrons. The molecule has 0 rings (SSSR count). The standard InChI is InChI=1S/C28H59O4P/c1-4-7-10-13-14-15-16-17-18-19-20-21-22-25-28-32-33(29,30-26-23-11-8-5-2)31-27-24-12-9-6-3/h4-28H2,1-3H3. The largest absolute Gasteiger partial charge is 0.474 e. The quantitative estimate of drug-likeness (QED) is 0.0808. The maximum absolute atomic E-state index is 12.9. The number of phosphoric ester groups is 1. The average molecular weight is 491 g/mol. The fraction of sp³-hybridized carbons (Fsp3) is 1.00. The molecule has 0 spiro atoms. The Bertz CT molecular complexity index is 399. The normalized spacial score (nSPS) is 12.0. The molecule has 5 heteroatoms. The first kappa shape index (κ1) is 33.1. The molecule has 0 fully saturated rings. The van der Waals surface area contributed by atoms with Crippen LogP contribution in [0.25, 0.3) is 0 Å². The Morgan fingerprint density at radius 2 is 0.576 bits per heavy atom. The minimum Gasteiger partial charge on any atom is -0.287 e. The van der Waals surface area contributed by atoms with Gasteiger partial charge in [-0.2, -0.15) is 0 Å². The lowest BCUT2D eigenvalue weighted by molar-refractivity contribution is 0.108. The molecule has 0 aromatic rings. The minimum absolute atomic E-state index is 0.463. The van der Waals surface area contributed by atoms with E-state index in [1.54, 1.807) is 0 Å². The second-order valence-electron chi connectivity index (χ2n) is 9.66. The molecule has 0 aliphatic rings. The van der Waals surface area contributed by atoms with Crippen LogP contribution in [0.15, 0.2) is 0 Å². The van der Waals surface area contributed by atoms with Crippen LogP contribution in [0.2, 0.25) is 0 Å². The van der Waals surface area contributed by atoms with E-state index in [1.165, 1.54) is 103 Å². The highest BCUT2D eigenvalue weighted by atomic mass is 31.2. The van der Waals surface area contributed by atoms with Crippen LogP contribution < -0.4 is 0 Å². The number of hydrogen-bond donors (Lipinski definition) is 0. The molecule has 0 aromatic carbocycles. The Kier molecular flexibility index (Phi) is 26.8. The second-order valence-corrected chi connectivity index (χ2v) is 11.3. The van der Waals surface area contributed by atoms with Crippen LogP contribution in [0.4, 0.5) is 0 Å². The molecule has 33 heavy (non-hydrogen) atoms. The van der Waals surface area contributed by atoms with E-state index in [0.29, 0.717) is 19.8 Å². The van der Waals surface area contributed by atoms with E-state index in [4.69, 9.17) is 13.6 Å². The smallest absolute Gasteiger partial charge is 0.287 e. The predicted octanol–water partition coefficient (Wildman–Crippen LogP) is 10.8. The van der Waals surface area contributed by atoms with Crippen molar-refractivity contribution in [2.45, 2.75) is 162 Å². The van der Waals surface area contributed by atoms with Gasteiger partial charge in [0.25, 0.3) is 0 Å². The van der Waals surface area contributed by atoms with Gasteiger partial charge < -0.3 is 0 Å². The molecule has 0 unspecified atom stereocenters. The number of unbranched alkanes of at least 4 members (excludes halogenated alkanes) is 19. The fourth-order valence-electron chi connectivity index (χ4n) is 4.00. The third-order valence-electron chi connectivity index (χ3n) is 6.24. The lowest BCUT2D eigenvalue weighted by Crippen LogP contribution is -2.04. The summed E-state index contributed by atoms with van der Waals surface area (Å²) in [5.74, 6) is 0. The molecule has 0 saturated heterocycles. The molecule has 0 bridgehead atoms. The Morgan fingerprint density at radius 3 is 0.848 bits per heavy atom. The van der Waals surface area contributed by atoms with Crippen molar-refractivity contribution >= 4 is 7.82 Å². The minimum atomic E-state index is -3.40. The van der Waals surface area contributed by atoms with Crippen LogP contribution in [0.5, 0.6) is 0 Å². The van der Waals surface area contributed by atoms with Crippen LogP contribution >= 0.6 is 7.82 Å². The zero-order valence-corrected chi connectivity index (χ0v) is 23.7. The maximum Gasteiger partial charge on any atom is 0.474 e. The molecular formula is C28H59O4P. The van der Waals surface area contributed by atoms with Crippen LogP contribution in [0.3, 0.4) is 0 Å². The number of phosphoric acid groups is 1. The summed E-state index contributed by atoms with van der Waals surface area (Å²) in [7, 11) is -3.40. The highest BCUT2D eigenvalue weighted by molar-refractivity contribution is 7.48. The molecule has 0 amide bonds. The van der Waals surface area contributed by atoms with Gasteiger partial charge >= 0.3 is 7.82 Å². The van der Waals surface area contributed by atoms with Gasteiger partial charge in [-0.3, -0.25) is 13.6 Å². The van der Waals surface area contributed by atoms with Crippen LogP contribution in [-0.2, 0) is 18.1 Å². The number of hydrogen-bond acceptors (Lipinski definition) is 4. The van der Waals surface area contributed by atoms with Crippen molar-refractivity contribution in [2.75, 3.05) is 19.8 Å². The van der Waals surface area contributed by atoms with Crippen molar-refractivity contribution < 1.29 is 18.1 Å². The van der Waals surface area contributed by atoms with Gasteiger partial charge in [0.1, 0.15) is 0 Å². The van der Waals surface area contributed by atoms with Gasteiger partial charge in [0.05, 0.1) is 19.8 Å². The third kappa shape index (κ3) is 25.0. The first-order valence-electron chi connectivity index (χ1n) is 14.7. The van der Waals surface area contributed by atoms with Gasteiger partial charge in [-0.15, -0.1) is 0 Å². The lowest BCUT2D eigenvalue weighted by atomic mass is 10.0. The molecule has 0 aliphatic heterocycles. The monoisotopic (exact) mass is 490 g/mol. The molecule has 0 heterocycles. The second kappa shape index (κ2) is 26.7. The predicted molar refractivity (Wildman–Crippen MR) is 144 cm³/mol. The van der Waals surface area contributed by atoms with Crippen LogP contribution in [0.1, 0.15) is 162 Å². The Hall–Kier alpha value is 0.110. The fourth-order valence-corrected chi connectivity index (χ4v) is 5.28. The Morgan fingerprint density at radius 1 is 0.364 bits per heavy atom. The summed E-state index contributed by atoms with van der Waals surface area (Å²) in [6, 6.07) is 0. The first-order chi connectivity index (χ1) is 16.2. The van der Waals surface area contributed by atoms with Crippen molar-refractivity contribution in [1.29, 1.82) is 0 Å². The van der Waals surface area contributed by atoms with E-state index in [9.17, 15) is 4.57 Å². The van der Waals surface area contributed by atoms with Gasteiger partial charge in [0, 0.05) is 0 Å². The molecule has 0 aromatic heterocycles. The molecule has 0 N–H and O–H groups in total. The molecular weight excluding hydrogens is 431 g/mol. The van der Waals surface area contributed by atoms with Gasteiger partial charge in [0.15, 0.2) is 0 Å². The summed E-state index contributed by atoms with van der Waals surface area (Å²) in [6.45, 7) is 8.05. The van der Waals surface area contributed by atoms with Gasteiger partial charge in [-0.25, -0.2) is 4.57 Å². The molecule has 4 nitrogen and oxygen atoms in total. The van der Waals surface area contributed by atoms with Crippen molar-refractivity contribution in [2.24, 2.45) is 0 Å². The van der Waals surface area contributed by atoms with Gasteiger partial charge in [0.2, 0.25) is 0 Å². The molecule has 0 saturated carbocycles. The van der Waals surface area contributed by atoms with Gasteiger partial charge in [-0.05, 0) is 19.3 Å². The lowest BCUT2D eigenvalue weighted by Gasteiger charge is -2.18. The van der Waals surface area contributed by atoms with Crippen molar-refractivity contribution in [3.8, 4) is 0 Å². The van der Waals surface area contributed by atoms with E-state index >= 15 is 0 Å². The van der Waals surface area contributed by atoms with E-state index in [-0.39, 0.29) is 0 Å².